The van der Waals surface area contributed by atoms with Gasteiger partial charge < -0.3 is 9.47 Å². The van der Waals surface area contributed by atoms with Crippen molar-refractivity contribution in [1.29, 1.82) is 0 Å². The number of carbonyl (C=O) groups is 1. The van der Waals surface area contributed by atoms with E-state index in [1.54, 1.807) is 17.8 Å². The largest absolute Gasteiger partial charge is 0.487 e. The lowest BCUT2D eigenvalue weighted by molar-refractivity contribution is -0.143. The Labute approximate surface area is 244 Å². The van der Waals surface area contributed by atoms with Gasteiger partial charge in [0.2, 0.25) is 0 Å². The van der Waals surface area contributed by atoms with Gasteiger partial charge in [0.25, 0.3) is 0 Å². The van der Waals surface area contributed by atoms with Gasteiger partial charge in [-0.15, -0.1) is 15.9 Å². The minimum absolute atomic E-state index is 0.0194. The van der Waals surface area contributed by atoms with Crippen LogP contribution in [0, 0.1) is 0 Å². The third-order valence-electron chi connectivity index (χ3n) is 7.19. The predicted molar refractivity (Wildman–Crippen MR) is 150 cm³/mol. The quantitative estimate of drug-likeness (QED) is 0.248. The maximum Gasteiger partial charge on any atom is 0.416 e. The summed E-state index contributed by atoms with van der Waals surface area (Å²) in [6, 6.07) is 5.28. The number of aromatic nitrogens is 4. The Morgan fingerprint density at radius 2 is 2.02 bits per heavy atom. The second-order valence-corrected chi connectivity index (χ2v) is 12.0. The molecule has 4 rings (SSSR count). The molecule has 2 aromatic heterocycles. The van der Waals surface area contributed by atoms with E-state index in [1.807, 2.05) is 13.8 Å². The minimum Gasteiger partial charge on any atom is -0.487 e. The Morgan fingerprint density at radius 3 is 2.69 bits per heavy atom. The number of benzene rings is 1. The summed E-state index contributed by atoms with van der Waals surface area (Å²) < 4.78 is 79.4. The van der Waals surface area contributed by atoms with Crippen molar-refractivity contribution >= 4 is 16.7 Å². The van der Waals surface area contributed by atoms with Gasteiger partial charge in [0.1, 0.15) is 16.7 Å². The molecule has 0 spiro atoms. The zero-order valence-corrected chi connectivity index (χ0v) is 24.6. The number of carbonyl (C=O) groups excluding carboxylic acids is 1. The van der Waals surface area contributed by atoms with Crippen molar-refractivity contribution in [3.63, 3.8) is 0 Å². The lowest BCUT2D eigenvalue weighted by Gasteiger charge is -2.41. The molecule has 3 heterocycles. The molecule has 0 radical (unpaired) electrons. The molecule has 0 bridgehead atoms. The minimum atomic E-state index is -4.70. The predicted octanol–water partition coefficient (Wildman–Crippen LogP) is 6.08. The number of hydrogen-bond donors (Lipinski definition) is 2. The van der Waals surface area contributed by atoms with Gasteiger partial charge in [0, 0.05) is 31.5 Å². The highest BCUT2D eigenvalue weighted by Gasteiger charge is 2.39. The van der Waals surface area contributed by atoms with Crippen molar-refractivity contribution in [3.8, 4) is 5.75 Å². The maximum atomic E-state index is 14.2. The van der Waals surface area contributed by atoms with Gasteiger partial charge in [-0.25, -0.2) is 0 Å². The fourth-order valence-electron chi connectivity index (χ4n) is 4.93. The molecular weight excluding hydrogens is 575 g/mol. The molecule has 1 unspecified atom stereocenters. The van der Waals surface area contributed by atoms with Gasteiger partial charge in [-0.3, -0.25) is 23.6 Å². The van der Waals surface area contributed by atoms with Gasteiger partial charge in [0.05, 0.1) is 37.0 Å². The van der Waals surface area contributed by atoms with Crippen LogP contribution in [-0.2, 0) is 35.2 Å². The molecule has 2 atom stereocenters. The Hall–Kier alpha value is -3.20. The highest BCUT2D eigenvalue weighted by atomic mass is 32.3. The first-order chi connectivity index (χ1) is 20.0. The Morgan fingerprint density at radius 1 is 1.24 bits per heavy atom. The smallest absolute Gasteiger partial charge is 0.416 e. The van der Waals surface area contributed by atoms with E-state index in [-0.39, 0.29) is 35.8 Å². The molecule has 42 heavy (non-hydrogen) atoms. The van der Waals surface area contributed by atoms with E-state index < -0.39 is 47.1 Å². The van der Waals surface area contributed by atoms with Crippen LogP contribution in [0.15, 0.2) is 47.8 Å². The summed E-state index contributed by atoms with van der Waals surface area (Å²) in [5.74, 6) is -0.702. The van der Waals surface area contributed by atoms with Gasteiger partial charge in [-0.2, -0.15) is 17.5 Å². The van der Waals surface area contributed by atoms with E-state index in [0.717, 1.165) is 6.07 Å². The molecule has 230 valence electrons. The van der Waals surface area contributed by atoms with Gasteiger partial charge in [0.15, 0.2) is 0 Å². The molecule has 0 aliphatic carbocycles. The van der Waals surface area contributed by atoms with Crippen LogP contribution in [0.4, 0.5) is 13.2 Å². The first-order valence-electron chi connectivity index (χ1n) is 13.8. The van der Waals surface area contributed by atoms with Crippen LogP contribution in [0.25, 0.3) is 0 Å². The molecule has 10 nitrogen and oxygen atoms in total. The summed E-state index contributed by atoms with van der Waals surface area (Å²) in [4.78, 5) is 16.5. The van der Waals surface area contributed by atoms with Crippen molar-refractivity contribution in [2.45, 2.75) is 82.6 Å². The number of fused-ring (bicyclic) bond motifs is 1. The molecule has 1 aliphatic rings. The molecule has 0 saturated carbocycles. The number of esters is 1. The van der Waals surface area contributed by atoms with Crippen LogP contribution in [0.5, 0.6) is 5.75 Å². The number of halogens is 3. The summed E-state index contributed by atoms with van der Waals surface area (Å²) in [7, 11) is -3.74. The second kappa shape index (κ2) is 13.4. The number of nitrogens with zero attached hydrogens (tertiary/aromatic N) is 5. The van der Waals surface area contributed by atoms with Crippen molar-refractivity contribution in [2.24, 2.45) is 0 Å². The number of aryl methyl sites for hydroxylation is 2. The van der Waals surface area contributed by atoms with Crippen molar-refractivity contribution in [1.82, 2.24) is 24.3 Å². The van der Waals surface area contributed by atoms with Gasteiger partial charge >= 0.3 is 12.1 Å². The summed E-state index contributed by atoms with van der Waals surface area (Å²) in [6.45, 7) is 5.84. The highest BCUT2D eigenvalue weighted by Crippen LogP contribution is 2.57. The average molecular weight is 612 g/mol. The fraction of sp³-hybridized carbons (Fsp3) is 0.500. The lowest BCUT2D eigenvalue weighted by Crippen LogP contribution is -2.35. The SMILES string of the molecule is CCOC(=O)CC(CCc1cn(CC)nn1)c1ccc(C(F)(F)F)c(CN2C[C@@H](CC)Oc3ccncc3S2(O)O)c1. The second-order valence-electron chi connectivity index (χ2n) is 10.0. The summed E-state index contributed by atoms with van der Waals surface area (Å²) in [5, 5.41) is 8.17. The number of pyridine rings is 1. The Kier molecular flexibility index (Phi) is 10.1. The zero-order valence-electron chi connectivity index (χ0n) is 23.8. The summed E-state index contributed by atoms with van der Waals surface area (Å²) in [6.07, 6.45) is 0.637. The number of hydrogen-bond acceptors (Lipinski definition) is 9. The molecule has 0 fully saturated rings. The fourth-order valence-corrected chi connectivity index (χ4v) is 6.49. The van der Waals surface area contributed by atoms with Crippen LogP contribution in [0.3, 0.4) is 0 Å². The van der Waals surface area contributed by atoms with Crippen LogP contribution in [0.1, 0.15) is 68.3 Å². The van der Waals surface area contributed by atoms with Crippen molar-refractivity contribution < 1.29 is 36.5 Å². The molecule has 0 saturated heterocycles. The first kappa shape index (κ1) is 31.7. The van der Waals surface area contributed by atoms with E-state index in [9.17, 15) is 27.1 Å². The third-order valence-corrected chi connectivity index (χ3v) is 9.08. The highest BCUT2D eigenvalue weighted by molar-refractivity contribution is 8.22. The summed E-state index contributed by atoms with van der Waals surface area (Å²) >= 11 is 0. The maximum absolute atomic E-state index is 14.2. The molecular formula is C28H36F3N5O5S. The summed E-state index contributed by atoms with van der Waals surface area (Å²) in [5.41, 5.74) is 0.166. The first-order valence-corrected chi connectivity index (χ1v) is 15.3. The van der Waals surface area contributed by atoms with E-state index in [2.05, 4.69) is 15.3 Å². The normalized spacial score (nSPS) is 18.4. The average Bonchev–Trinajstić information content (AvgIpc) is 3.38. The zero-order chi connectivity index (χ0) is 30.5. The van der Waals surface area contributed by atoms with Gasteiger partial charge in [-0.1, -0.05) is 24.3 Å². The molecule has 0 amide bonds. The standard InChI is InChI=1S/C28H36F3N5O5S/c1-4-23-18-36(42(38,39)26-15-32-12-11-25(26)41-23)16-21-13-19(8-10-24(21)28(29,30)31)20(14-27(37)40-6-3)7-9-22-17-35(5-2)34-33-22/h8,10-13,15,17,20,23,38-39H,4-7,9,14,16,18H2,1-3H3/t20?,23-/m1/s1. The third kappa shape index (κ3) is 7.41. The van der Waals surface area contributed by atoms with Gasteiger partial charge in [-0.05, 0) is 56.2 Å². The topological polar surface area (TPSA) is 123 Å². The van der Waals surface area contributed by atoms with E-state index in [4.69, 9.17) is 9.47 Å². The van der Waals surface area contributed by atoms with E-state index in [0.29, 0.717) is 37.1 Å². The Bertz CT molecular complexity index is 1370. The van der Waals surface area contributed by atoms with Crippen molar-refractivity contribution in [3.05, 3.63) is 65.2 Å². The lowest BCUT2D eigenvalue weighted by atomic mass is 9.88. The molecule has 2 N–H and O–H groups in total. The van der Waals surface area contributed by atoms with E-state index >= 15 is 0 Å². The molecule has 1 aliphatic heterocycles. The van der Waals surface area contributed by atoms with Crippen LogP contribution in [0.2, 0.25) is 0 Å². The number of ether oxygens (including phenoxy) is 2. The number of alkyl halides is 3. The molecule has 3 aromatic rings. The van der Waals surface area contributed by atoms with E-state index in [1.165, 1.54) is 34.9 Å². The Balaban J connectivity index is 1.71. The monoisotopic (exact) mass is 611 g/mol. The van der Waals surface area contributed by atoms with Crippen LogP contribution in [-0.4, -0.2) is 58.6 Å². The molecule has 1 aromatic carbocycles. The molecule has 14 heteroatoms. The number of rotatable bonds is 11. The van der Waals surface area contributed by atoms with Crippen molar-refractivity contribution in [2.75, 3.05) is 13.2 Å². The van der Waals surface area contributed by atoms with Crippen LogP contribution >= 0.6 is 10.8 Å². The van der Waals surface area contributed by atoms with Crippen LogP contribution < -0.4 is 4.74 Å².